The molecule has 27 heavy (non-hydrogen) atoms. The zero-order valence-electron chi connectivity index (χ0n) is 15.5. The van der Waals surface area contributed by atoms with E-state index in [-0.39, 0.29) is 11.9 Å². The largest absolute Gasteiger partial charge is 0.466 e. The smallest absolute Gasteiger partial charge is 0.309 e. The molecule has 1 aliphatic rings. The van der Waals surface area contributed by atoms with E-state index in [1.165, 1.54) is 6.33 Å². The Labute approximate surface area is 163 Å². The molecule has 2 aromatic rings. The van der Waals surface area contributed by atoms with Crippen LogP contribution in [0.25, 0.3) is 0 Å². The minimum absolute atomic E-state index is 0.0593. The Balaban J connectivity index is 1.74. The normalized spacial score (nSPS) is 14.9. The molecule has 0 aliphatic carbocycles. The van der Waals surface area contributed by atoms with Crippen molar-refractivity contribution in [3.63, 3.8) is 0 Å². The monoisotopic (exact) mass is 389 g/mol. The number of ether oxygens (including phenoxy) is 1. The summed E-state index contributed by atoms with van der Waals surface area (Å²) in [7, 11) is 0. The van der Waals surface area contributed by atoms with E-state index in [0.29, 0.717) is 42.0 Å². The van der Waals surface area contributed by atoms with Crippen LogP contribution < -0.4 is 16.0 Å². The van der Waals surface area contributed by atoms with E-state index < -0.39 is 0 Å². The van der Waals surface area contributed by atoms with Crippen molar-refractivity contribution >= 4 is 40.6 Å². The first-order valence-electron chi connectivity index (χ1n) is 9.05. The SMILES string of the molecule is CCOC(=O)C1CCN(c2ncnc(Nc3cccc(Cl)c3C)c2N)CC1. The maximum absolute atomic E-state index is 11.9. The first-order valence-corrected chi connectivity index (χ1v) is 9.43. The van der Waals surface area contributed by atoms with Gasteiger partial charge in [0.1, 0.15) is 12.0 Å². The lowest BCUT2D eigenvalue weighted by molar-refractivity contribution is -0.148. The Morgan fingerprint density at radius 3 is 2.81 bits per heavy atom. The molecule has 8 heteroatoms. The number of hydrogen-bond acceptors (Lipinski definition) is 7. The van der Waals surface area contributed by atoms with E-state index in [2.05, 4.69) is 20.2 Å². The van der Waals surface area contributed by atoms with Gasteiger partial charge in [0.05, 0.1) is 12.5 Å². The number of hydrogen-bond donors (Lipinski definition) is 2. The van der Waals surface area contributed by atoms with Crippen molar-refractivity contribution in [2.45, 2.75) is 26.7 Å². The number of nitrogens with two attached hydrogens (primary N) is 1. The fraction of sp³-hybridized carbons (Fsp3) is 0.421. The van der Waals surface area contributed by atoms with Crippen molar-refractivity contribution in [3.8, 4) is 0 Å². The van der Waals surface area contributed by atoms with Crippen LogP contribution in [0.15, 0.2) is 24.5 Å². The molecule has 0 bridgehead atoms. The van der Waals surface area contributed by atoms with Gasteiger partial charge < -0.3 is 20.7 Å². The number of esters is 1. The molecule has 3 rings (SSSR count). The Kier molecular flexibility index (Phi) is 6.01. The molecule has 1 saturated heterocycles. The molecule has 0 saturated carbocycles. The van der Waals surface area contributed by atoms with E-state index in [0.717, 1.165) is 24.1 Å². The van der Waals surface area contributed by atoms with E-state index in [1.807, 2.05) is 32.0 Å². The van der Waals surface area contributed by atoms with Gasteiger partial charge in [0, 0.05) is 23.8 Å². The number of nitrogens with one attached hydrogen (secondary N) is 1. The Morgan fingerprint density at radius 1 is 1.37 bits per heavy atom. The summed E-state index contributed by atoms with van der Waals surface area (Å²) in [6, 6.07) is 5.63. The second-order valence-electron chi connectivity index (χ2n) is 6.51. The minimum Gasteiger partial charge on any atom is -0.466 e. The van der Waals surface area contributed by atoms with E-state index in [9.17, 15) is 4.79 Å². The van der Waals surface area contributed by atoms with Gasteiger partial charge in [0.15, 0.2) is 11.6 Å². The fourth-order valence-corrected chi connectivity index (χ4v) is 3.37. The topological polar surface area (TPSA) is 93.4 Å². The predicted molar refractivity (Wildman–Crippen MR) is 107 cm³/mol. The van der Waals surface area contributed by atoms with Crippen molar-refractivity contribution in [3.05, 3.63) is 35.1 Å². The van der Waals surface area contributed by atoms with Gasteiger partial charge in [-0.2, -0.15) is 0 Å². The Hall–Kier alpha value is -2.54. The van der Waals surface area contributed by atoms with Gasteiger partial charge in [0.25, 0.3) is 0 Å². The van der Waals surface area contributed by atoms with Crippen LogP contribution in [0.1, 0.15) is 25.3 Å². The second-order valence-corrected chi connectivity index (χ2v) is 6.92. The number of benzene rings is 1. The molecule has 1 aromatic heterocycles. The molecule has 2 heterocycles. The third kappa shape index (κ3) is 4.24. The molecule has 0 radical (unpaired) electrons. The fourth-order valence-electron chi connectivity index (χ4n) is 3.20. The summed E-state index contributed by atoms with van der Waals surface area (Å²) in [6.07, 6.45) is 2.93. The summed E-state index contributed by atoms with van der Waals surface area (Å²) in [5.74, 6) is 1.04. The lowest BCUT2D eigenvalue weighted by Crippen LogP contribution is -2.37. The van der Waals surface area contributed by atoms with Gasteiger partial charge in [-0.15, -0.1) is 0 Å². The highest BCUT2D eigenvalue weighted by Crippen LogP contribution is 2.33. The van der Waals surface area contributed by atoms with Crippen LogP contribution >= 0.6 is 11.6 Å². The second kappa shape index (κ2) is 8.43. The highest BCUT2D eigenvalue weighted by Gasteiger charge is 2.28. The molecular weight excluding hydrogens is 366 g/mol. The van der Waals surface area contributed by atoms with Gasteiger partial charge in [0.2, 0.25) is 0 Å². The van der Waals surface area contributed by atoms with Gasteiger partial charge in [-0.25, -0.2) is 9.97 Å². The first kappa shape index (κ1) is 19.2. The molecule has 3 N–H and O–H groups in total. The average molecular weight is 390 g/mol. The summed E-state index contributed by atoms with van der Waals surface area (Å²) >= 11 is 6.18. The van der Waals surface area contributed by atoms with Crippen molar-refractivity contribution in [2.75, 3.05) is 35.6 Å². The number of nitrogen functional groups attached to an aromatic ring is 1. The molecule has 1 fully saturated rings. The van der Waals surface area contributed by atoms with Crippen LogP contribution in [0.2, 0.25) is 5.02 Å². The molecule has 1 aliphatic heterocycles. The molecule has 7 nitrogen and oxygen atoms in total. The van der Waals surface area contributed by atoms with E-state index in [1.54, 1.807) is 0 Å². The van der Waals surface area contributed by atoms with Crippen LogP contribution in [0.5, 0.6) is 0 Å². The maximum atomic E-state index is 11.9. The minimum atomic E-state index is -0.119. The highest BCUT2D eigenvalue weighted by molar-refractivity contribution is 6.31. The summed E-state index contributed by atoms with van der Waals surface area (Å²) in [6.45, 7) is 5.56. The molecule has 144 valence electrons. The third-order valence-electron chi connectivity index (χ3n) is 4.80. The lowest BCUT2D eigenvalue weighted by Gasteiger charge is -2.32. The number of aromatic nitrogens is 2. The van der Waals surface area contributed by atoms with Crippen LogP contribution in [-0.2, 0) is 9.53 Å². The number of carbonyl (C=O) groups is 1. The van der Waals surface area contributed by atoms with Crippen molar-refractivity contribution in [1.29, 1.82) is 0 Å². The maximum Gasteiger partial charge on any atom is 0.309 e. The number of carbonyl (C=O) groups excluding carboxylic acids is 1. The molecule has 1 aromatic carbocycles. The number of piperidine rings is 1. The standard InChI is InChI=1S/C19H24ClN5O2/c1-3-27-19(26)13-7-9-25(10-8-13)18-16(21)17(22-11-23-18)24-15-6-4-5-14(20)12(15)2/h4-6,11,13H,3,7-10,21H2,1-2H3,(H,22,23,24). The van der Waals surface area contributed by atoms with Crippen molar-refractivity contribution in [2.24, 2.45) is 5.92 Å². The van der Waals surface area contributed by atoms with Gasteiger partial charge in [-0.3, -0.25) is 4.79 Å². The molecule has 0 spiro atoms. The van der Waals surface area contributed by atoms with Crippen LogP contribution in [0.4, 0.5) is 23.0 Å². The number of halogens is 1. The number of rotatable bonds is 5. The summed E-state index contributed by atoms with van der Waals surface area (Å²) in [5, 5.41) is 3.92. The van der Waals surface area contributed by atoms with Gasteiger partial charge in [-0.1, -0.05) is 17.7 Å². The third-order valence-corrected chi connectivity index (χ3v) is 5.21. The average Bonchev–Trinajstić information content (AvgIpc) is 2.67. The van der Waals surface area contributed by atoms with E-state index >= 15 is 0 Å². The van der Waals surface area contributed by atoms with Crippen LogP contribution in [-0.4, -0.2) is 35.6 Å². The Bertz CT molecular complexity index is 822. The zero-order valence-corrected chi connectivity index (χ0v) is 16.3. The number of anilines is 4. The predicted octanol–water partition coefficient (Wildman–Crippen LogP) is 3.54. The van der Waals surface area contributed by atoms with Gasteiger partial charge in [-0.05, 0) is 44.4 Å². The molecule has 0 unspecified atom stereocenters. The zero-order chi connectivity index (χ0) is 19.4. The van der Waals surface area contributed by atoms with Crippen molar-refractivity contribution < 1.29 is 9.53 Å². The van der Waals surface area contributed by atoms with Crippen LogP contribution in [0.3, 0.4) is 0 Å². The Morgan fingerprint density at radius 2 is 2.11 bits per heavy atom. The quantitative estimate of drug-likeness (QED) is 0.755. The summed E-state index contributed by atoms with van der Waals surface area (Å²) in [4.78, 5) is 22.6. The summed E-state index contributed by atoms with van der Waals surface area (Å²) < 4.78 is 5.12. The molecule has 0 atom stereocenters. The molecular formula is C19H24ClN5O2. The van der Waals surface area contributed by atoms with E-state index in [4.69, 9.17) is 22.1 Å². The lowest BCUT2D eigenvalue weighted by atomic mass is 9.97. The highest BCUT2D eigenvalue weighted by atomic mass is 35.5. The number of nitrogens with zero attached hydrogens (tertiary/aromatic N) is 3. The van der Waals surface area contributed by atoms with Gasteiger partial charge >= 0.3 is 5.97 Å². The molecule has 0 amide bonds. The van der Waals surface area contributed by atoms with Crippen molar-refractivity contribution in [1.82, 2.24) is 9.97 Å². The van der Waals surface area contributed by atoms with Crippen LogP contribution in [0, 0.1) is 12.8 Å². The summed E-state index contributed by atoms with van der Waals surface area (Å²) in [5.41, 5.74) is 8.59. The first-order chi connectivity index (χ1) is 13.0.